The summed E-state index contributed by atoms with van der Waals surface area (Å²) < 4.78 is 0. The van der Waals surface area contributed by atoms with Crippen molar-refractivity contribution in [3.8, 4) is 5.75 Å². The number of aromatic hydroxyl groups is 1. The van der Waals surface area contributed by atoms with Crippen LogP contribution in [0.2, 0.25) is 0 Å². The molecule has 0 saturated carbocycles. The molecular formula is C69H100N20O17S. The molecule has 2 aromatic heterocycles. The van der Waals surface area contributed by atoms with Crippen LogP contribution < -0.4 is 75.7 Å². The number of nitrogens with one attached hydrogen (secondary N) is 13. The number of thiol groups is 1. The average molecular weight is 1510 g/mol. The lowest BCUT2D eigenvalue weighted by Crippen LogP contribution is -2.62. The number of phenols is 1. The van der Waals surface area contributed by atoms with Gasteiger partial charge in [0.15, 0.2) is 5.96 Å². The first-order valence-corrected chi connectivity index (χ1v) is 35.6. The third kappa shape index (κ3) is 29.0. The minimum atomic E-state index is -1.55. The van der Waals surface area contributed by atoms with Crippen LogP contribution in [-0.4, -0.2) is 227 Å². The van der Waals surface area contributed by atoms with Crippen molar-refractivity contribution >= 4 is 101 Å². The summed E-state index contributed by atoms with van der Waals surface area (Å²) in [5.41, 5.74) is 18.5. The summed E-state index contributed by atoms with van der Waals surface area (Å²) in [4.78, 5) is 212. The van der Waals surface area contributed by atoms with Gasteiger partial charge in [-0.3, -0.25) is 67.3 Å². The van der Waals surface area contributed by atoms with Crippen LogP contribution in [0.4, 0.5) is 0 Å². The van der Waals surface area contributed by atoms with Crippen LogP contribution in [0.3, 0.4) is 0 Å². The minimum absolute atomic E-state index is 0.00452. The Morgan fingerprint density at radius 3 is 1.68 bits per heavy atom. The topological polar surface area (TPSA) is 583 Å². The number of aromatic nitrogens is 4. The summed E-state index contributed by atoms with van der Waals surface area (Å²) in [6.45, 7) is 8.93. The maximum atomic E-state index is 15.2. The van der Waals surface area contributed by atoms with E-state index in [2.05, 4.69) is 96.0 Å². The summed E-state index contributed by atoms with van der Waals surface area (Å²) in [6.07, 6.45) is 4.73. The Balaban J connectivity index is 1.39. The van der Waals surface area contributed by atoms with E-state index in [1.54, 1.807) is 71.9 Å². The highest BCUT2D eigenvalue weighted by Crippen LogP contribution is 2.22. The number of hydrogen-bond donors (Lipinski definition) is 20. The molecule has 1 aliphatic heterocycles. The molecule has 107 heavy (non-hydrogen) atoms. The van der Waals surface area contributed by atoms with Crippen LogP contribution in [0.1, 0.15) is 109 Å². The SMILES string of the molecule is CC[C@H](C)[C@H](NC(=O)[C@H](Cc1ccc(O)cc1)NC(=O)[C@@H](NC(=O)[C@H](CCCN=C(N)N)NC(=O)[C@@H](N)CC(=O)O)C(C)C)C(=O)N[C@@H](Cc1cnc[nH]1)C(=O)N1CCC[C@H]1C(=O)N[C@@H](Cc1ccccc1)C(=O)N[C@@H](Cc1cnc[nH]1)C(=O)N[C@@H](CC(C)C)C(=O)NCC(=O)NCC(=O)N[C@@H](CS)C(=O)O. The second-order valence-electron chi connectivity index (χ2n) is 26.7. The number of aliphatic carboxylic acids is 2. The van der Waals surface area contributed by atoms with Gasteiger partial charge in [0.2, 0.25) is 70.9 Å². The van der Waals surface area contributed by atoms with Crippen LogP contribution in [0, 0.1) is 17.8 Å². The molecule has 0 spiro atoms. The quantitative estimate of drug-likeness (QED) is 0.00877. The number of carboxylic acid groups (broad SMARTS) is 2. The fraction of sp³-hybridized carbons (Fsp3) is 0.522. The van der Waals surface area contributed by atoms with Crippen molar-refractivity contribution in [1.82, 2.24) is 83.3 Å². The predicted molar refractivity (Wildman–Crippen MR) is 390 cm³/mol. The lowest BCUT2D eigenvalue weighted by molar-refractivity contribution is -0.142. The number of likely N-dealkylation sites (tertiary alicyclic amines) is 1. The smallest absolute Gasteiger partial charge is 0.327 e. The number of guanidine groups is 1. The van der Waals surface area contributed by atoms with Gasteiger partial charge in [0, 0.05) is 68.3 Å². The van der Waals surface area contributed by atoms with Gasteiger partial charge in [-0.15, -0.1) is 0 Å². The highest BCUT2D eigenvalue weighted by atomic mass is 32.1. The lowest BCUT2D eigenvalue weighted by Gasteiger charge is -2.32. The third-order valence-corrected chi connectivity index (χ3v) is 17.7. The van der Waals surface area contributed by atoms with E-state index in [9.17, 15) is 77.6 Å². The third-order valence-electron chi connectivity index (χ3n) is 17.3. The average Bonchev–Trinajstić information content (AvgIpc) is 1.80. The normalized spacial score (nSPS) is 15.6. The first kappa shape index (κ1) is 86.5. The van der Waals surface area contributed by atoms with Crippen molar-refractivity contribution < 1.29 is 82.4 Å². The highest BCUT2D eigenvalue weighted by molar-refractivity contribution is 7.80. The van der Waals surface area contributed by atoms with Crippen molar-refractivity contribution in [3.63, 3.8) is 0 Å². The number of H-pyrrole nitrogens is 2. The Hall–Kier alpha value is -11.2. The van der Waals surface area contributed by atoms with E-state index in [0.717, 1.165) is 0 Å². The second-order valence-corrected chi connectivity index (χ2v) is 27.1. The van der Waals surface area contributed by atoms with E-state index >= 15 is 4.79 Å². The zero-order chi connectivity index (χ0) is 79.0. The molecule has 5 rings (SSSR count). The fourth-order valence-corrected chi connectivity index (χ4v) is 11.6. The van der Waals surface area contributed by atoms with Gasteiger partial charge in [-0.1, -0.05) is 90.4 Å². The van der Waals surface area contributed by atoms with E-state index in [1.165, 1.54) is 54.2 Å². The molecule has 3 heterocycles. The summed E-state index contributed by atoms with van der Waals surface area (Å²) >= 11 is 3.89. The summed E-state index contributed by atoms with van der Waals surface area (Å²) in [7, 11) is 0. The maximum absolute atomic E-state index is 15.2. The molecule has 12 amide bonds. The Morgan fingerprint density at radius 1 is 0.598 bits per heavy atom. The van der Waals surface area contributed by atoms with Crippen molar-refractivity contribution in [2.75, 3.05) is 31.9 Å². The second kappa shape index (κ2) is 43.3. The van der Waals surface area contributed by atoms with E-state index in [0.29, 0.717) is 22.5 Å². The first-order chi connectivity index (χ1) is 50.8. The molecule has 4 aromatic rings. The van der Waals surface area contributed by atoms with Crippen molar-refractivity contribution in [2.45, 2.75) is 179 Å². The number of benzene rings is 2. The van der Waals surface area contributed by atoms with Gasteiger partial charge in [0.05, 0.1) is 38.2 Å². The zero-order valence-electron chi connectivity index (χ0n) is 60.4. The monoisotopic (exact) mass is 1510 g/mol. The summed E-state index contributed by atoms with van der Waals surface area (Å²) in [5.74, 6) is -15.0. The number of carboxylic acids is 2. The molecule has 0 unspecified atom stereocenters. The molecule has 1 saturated heterocycles. The number of hydrogen-bond acceptors (Lipinski definition) is 20. The van der Waals surface area contributed by atoms with Crippen LogP contribution in [0.5, 0.6) is 5.75 Å². The van der Waals surface area contributed by atoms with Gasteiger partial charge < -0.3 is 106 Å². The molecule has 38 heteroatoms. The number of carbonyl (C=O) groups excluding carboxylic acids is 12. The van der Waals surface area contributed by atoms with Crippen molar-refractivity contribution in [2.24, 2.45) is 39.9 Å². The molecule has 12 atom stereocenters. The number of carbonyl (C=O) groups is 14. The van der Waals surface area contributed by atoms with Crippen LogP contribution in [-0.2, 0) is 92.8 Å². The number of nitrogens with two attached hydrogens (primary N) is 3. The molecule has 1 fully saturated rings. The standard InChI is InChI=1S/C69H100N20O17S/c1-7-38(6)57(88-63(100)48(25-40-17-19-43(90)20-18-40)85-65(102)56(37(4)5)87-60(97)45(15-11-21-75-69(71)72)81-58(95)44(70)28-55(93)94)66(103)86-50(27-42-30-74-35-79-42)67(104)89-22-12-16-52(89)64(101)84-47(24-39-13-9-8-10-14-39)61(98)83-49(26-41-29-73-34-78-41)62(99)82-46(23-36(2)3)59(96)77-31-53(91)76-32-54(92)80-51(33-107)68(105)106/h8-10,13-14,17-20,29-30,34-38,44-52,56-57,90,107H,7,11-12,15-16,21-28,31-33,70H2,1-6H3,(H,73,78)(H,74,79)(H,76,91)(H,77,96)(H,80,92)(H,81,95)(H,82,99)(H,83,98)(H,84,101)(H,85,102)(H,86,103)(H,87,97)(H,88,100)(H,93,94)(H,105,106)(H4,71,72,75)/t38-,44-,45-,46-,47-,48-,49-,50-,51-,52-,56-,57-/m0/s1. The van der Waals surface area contributed by atoms with Crippen LogP contribution >= 0.6 is 12.6 Å². The Kier molecular flexibility index (Phi) is 35.0. The fourth-order valence-electron chi connectivity index (χ4n) is 11.4. The zero-order valence-corrected chi connectivity index (χ0v) is 61.3. The minimum Gasteiger partial charge on any atom is -0.508 e. The molecule has 0 aliphatic carbocycles. The van der Waals surface area contributed by atoms with E-state index in [1.807, 2.05) is 0 Å². The van der Waals surface area contributed by atoms with E-state index in [4.69, 9.17) is 17.2 Å². The number of rotatable bonds is 44. The molecule has 0 radical (unpaired) electrons. The maximum Gasteiger partial charge on any atom is 0.327 e. The van der Waals surface area contributed by atoms with Crippen LogP contribution in [0.15, 0.2) is 84.6 Å². The Bertz CT molecular complexity index is 3700. The number of aliphatic imine (C=N–C) groups is 1. The van der Waals surface area contributed by atoms with E-state index in [-0.39, 0.29) is 101 Å². The van der Waals surface area contributed by atoms with E-state index < -0.39 is 181 Å². The molecular weight excluding hydrogens is 1410 g/mol. The number of aromatic amines is 2. The lowest BCUT2D eigenvalue weighted by atomic mass is 9.96. The van der Waals surface area contributed by atoms with Gasteiger partial charge >= 0.3 is 11.9 Å². The number of amides is 12. The largest absolute Gasteiger partial charge is 0.508 e. The Morgan fingerprint density at radius 2 is 1.12 bits per heavy atom. The number of imidazole rings is 2. The predicted octanol–water partition coefficient (Wildman–Crippen LogP) is -3.69. The van der Waals surface area contributed by atoms with Gasteiger partial charge in [0.1, 0.15) is 66.2 Å². The van der Waals surface area contributed by atoms with Gasteiger partial charge in [-0.05, 0) is 73.1 Å². The molecule has 22 N–H and O–H groups in total. The molecule has 584 valence electrons. The first-order valence-electron chi connectivity index (χ1n) is 35.0. The molecule has 37 nitrogen and oxygen atoms in total. The number of nitrogens with zero attached hydrogens (tertiary/aromatic N) is 4. The number of phenolic OH excluding ortho intramolecular Hbond substituents is 1. The highest BCUT2D eigenvalue weighted by Gasteiger charge is 2.42. The molecule has 1 aliphatic rings. The van der Waals surface area contributed by atoms with Crippen molar-refractivity contribution in [3.05, 3.63) is 102 Å². The molecule has 0 bridgehead atoms. The van der Waals surface area contributed by atoms with Crippen LogP contribution in [0.25, 0.3) is 0 Å². The van der Waals surface area contributed by atoms with Gasteiger partial charge in [0.25, 0.3) is 0 Å². The Labute approximate surface area is 623 Å². The van der Waals surface area contributed by atoms with Crippen molar-refractivity contribution in [1.29, 1.82) is 0 Å². The molecule has 2 aromatic carbocycles. The van der Waals surface area contributed by atoms with Gasteiger partial charge in [-0.25, -0.2) is 14.8 Å². The summed E-state index contributed by atoms with van der Waals surface area (Å²) in [5, 5.41) is 57.2. The summed E-state index contributed by atoms with van der Waals surface area (Å²) in [6, 6.07) is -1.12. The van der Waals surface area contributed by atoms with Gasteiger partial charge in [-0.2, -0.15) is 12.6 Å².